The predicted molar refractivity (Wildman–Crippen MR) is 98.2 cm³/mol. The summed E-state index contributed by atoms with van der Waals surface area (Å²) in [5, 5.41) is 5.48. The molecule has 0 saturated carbocycles. The van der Waals surface area contributed by atoms with E-state index in [2.05, 4.69) is 10.6 Å². The normalized spacial score (nSPS) is 10.7. The van der Waals surface area contributed by atoms with Crippen LogP contribution in [0.25, 0.3) is 11.1 Å². The van der Waals surface area contributed by atoms with Crippen molar-refractivity contribution in [2.75, 3.05) is 11.9 Å². The molecule has 2 N–H and O–H groups in total. The summed E-state index contributed by atoms with van der Waals surface area (Å²) in [5.41, 5.74) is 1.73. The minimum absolute atomic E-state index is 0.208. The highest BCUT2D eigenvalue weighted by atomic mass is 16.4. The fourth-order valence-electron chi connectivity index (χ4n) is 2.62. The van der Waals surface area contributed by atoms with Crippen LogP contribution < -0.4 is 16.4 Å². The molecule has 0 unspecified atom stereocenters. The number of hydrogen-bond donors (Lipinski definition) is 2. The molecule has 7 nitrogen and oxygen atoms in total. The number of fused-ring (bicyclic) bond motifs is 1. The van der Waals surface area contributed by atoms with Gasteiger partial charge >= 0.3 is 5.76 Å². The van der Waals surface area contributed by atoms with E-state index in [1.807, 2.05) is 6.92 Å². The second kappa shape index (κ2) is 7.69. The largest absolute Gasteiger partial charge is 0.420 e. The molecule has 3 aromatic rings. The lowest BCUT2D eigenvalue weighted by Gasteiger charge is -2.11. The first kappa shape index (κ1) is 17.5. The van der Waals surface area contributed by atoms with Crippen LogP contribution in [0.4, 0.5) is 5.69 Å². The van der Waals surface area contributed by atoms with E-state index in [9.17, 15) is 14.4 Å². The van der Waals surface area contributed by atoms with E-state index in [0.717, 1.165) is 6.42 Å². The number of nitrogens with zero attached hydrogens (tertiary/aromatic N) is 1. The summed E-state index contributed by atoms with van der Waals surface area (Å²) in [4.78, 5) is 36.6. The summed E-state index contributed by atoms with van der Waals surface area (Å²) in [6.45, 7) is 2.30. The van der Waals surface area contributed by atoms with Gasteiger partial charge in [-0.05, 0) is 30.7 Å². The van der Waals surface area contributed by atoms with E-state index < -0.39 is 11.7 Å². The fourth-order valence-corrected chi connectivity index (χ4v) is 2.62. The molecule has 1 heterocycles. The Balaban J connectivity index is 1.79. The lowest BCUT2D eigenvalue weighted by molar-refractivity contribution is -0.116. The Labute approximate surface area is 149 Å². The van der Waals surface area contributed by atoms with Gasteiger partial charge in [-0.15, -0.1) is 0 Å². The average molecular weight is 353 g/mol. The number of carbonyl (C=O) groups excluding carboxylic acids is 2. The quantitative estimate of drug-likeness (QED) is 0.711. The first-order valence-electron chi connectivity index (χ1n) is 8.35. The Morgan fingerprint density at radius 2 is 1.81 bits per heavy atom. The Hall–Kier alpha value is -3.35. The molecule has 0 aliphatic heterocycles. The first-order valence-corrected chi connectivity index (χ1v) is 8.35. The molecule has 7 heteroatoms. The molecule has 1 aromatic heterocycles. The van der Waals surface area contributed by atoms with Gasteiger partial charge in [0, 0.05) is 6.54 Å². The Bertz CT molecular complexity index is 1000. The van der Waals surface area contributed by atoms with Gasteiger partial charge in [-0.25, -0.2) is 4.79 Å². The molecule has 2 aromatic carbocycles. The van der Waals surface area contributed by atoms with Crippen LogP contribution in [0.3, 0.4) is 0 Å². The Morgan fingerprint density at radius 3 is 2.62 bits per heavy atom. The predicted octanol–water partition coefficient (Wildman–Crippen LogP) is 2.37. The zero-order valence-corrected chi connectivity index (χ0v) is 14.3. The maximum absolute atomic E-state index is 12.4. The zero-order valence-electron chi connectivity index (χ0n) is 14.3. The van der Waals surface area contributed by atoms with Gasteiger partial charge in [0.25, 0.3) is 5.91 Å². The minimum Gasteiger partial charge on any atom is -0.408 e. The van der Waals surface area contributed by atoms with Gasteiger partial charge in [0.2, 0.25) is 5.91 Å². The highest BCUT2D eigenvalue weighted by Gasteiger charge is 2.15. The summed E-state index contributed by atoms with van der Waals surface area (Å²) in [7, 11) is 0. The van der Waals surface area contributed by atoms with Crippen molar-refractivity contribution in [2.45, 2.75) is 19.9 Å². The summed E-state index contributed by atoms with van der Waals surface area (Å²) >= 11 is 0. The van der Waals surface area contributed by atoms with E-state index in [1.54, 1.807) is 48.5 Å². The van der Waals surface area contributed by atoms with E-state index in [0.29, 0.717) is 28.9 Å². The molecule has 3 rings (SSSR count). The van der Waals surface area contributed by atoms with Crippen molar-refractivity contribution in [2.24, 2.45) is 0 Å². The topological polar surface area (TPSA) is 93.3 Å². The highest BCUT2D eigenvalue weighted by Crippen LogP contribution is 2.16. The lowest BCUT2D eigenvalue weighted by Crippen LogP contribution is -2.28. The third-order valence-electron chi connectivity index (χ3n) is 3.86. The van der Waals surface area contributed by atoms with Crippen LogP contribution in [-0.4, -0.2) is 22.9 Å². The van der Waals surface area contributed by atoms with E-state index >= 15 is 0 Å². The summed E-state index contributed by atoms with van der Waals surface area (Å²) < 4.78 is 6.37. The van der Waals surface area contributed by atoms with E-state index in [-0.39, 0.29) is 12.5 Å². The Kier molecular flexibility index (Phi) is 5.17. The second-order valence-electron chi connectivity index (χ2n) is 5.77. The van der Waals surface area contributed by atoms with Crippen LogP contribution in [0, 0.1) is 0 Å². The first-order chi connectivity index (χ1) is 12.6. The van der Waals surface area contributed by atoms with Crippen LogP contribution >= 0.6 is 0 Å². The molecule has 0 fully saturated rings. The lowest BCUT2D eigenvalue weighted by atomic mass is 10.1. The zero-order chi connectivity index (χ0) is 18.5. The van der Waals surface area contributed by atoms with Crippen molar-refractivity contribution in [3.8, 4) is 0 Å². The van der Waals surface area contributed by atoms with Crippen molar-refractivity contribution >= 4 is 28.6 Å². The van der Waals surface area contributed by atoms with Crippen LogP contribution in [0.5, 0.6) is 0 Å². The Morgan fingerprint density at radius 1 is 1.08 bits per heavy atom. The number of anilines is 1. The third kappa shape index (κ3) is 3.66. The SMILES string of the molecule is CCCNC(=O)c1ccccc1NC(=O)Cn1c(=O)oc2ccccc21. The van der Waals surface area contributed by atoms with Gasteiger partial charge in [0.05, 0.1) is 16.8 Å². The molecule has 0 radical (unpaired) electrons. The van der Waals surface area contributed by atoms with Crippen molar-refractivity contribution < 1.29 is 14.0 Å². The van der Waals surface area contributed by atoms with E-state index in [1.165, 1.54) is 4.57 Å². The van der Waals surface area contributed by atoms with Gasteiger partial charge < -0.3 is 15.1 Å². The number of nitrogens with one attached hydrogen (secondary N) is 2. The number of para-hydroxylation sites is 3. The summed E-state index contributed by atoms with van der Waals surface area (Å²) in [6, 6.07) is 13.6. The number of hydrogen-bond acceptors (Lipinski definition) is 4. The molecule has 2 amide bonds. The van der Waals surface area contributed by atoms with Crippen molar-refractivity contribution in [3.05, 3.63) is 64.6 Å². The molecule has 134 valence electrons. The van der Waals surface area contributed by atoms with Crippen LogP contribution in [0.2, 0.25) is 0 Å². The summed E-state index contributed by atoms with van der Waals surface area (Å²) in [6.07, 6.45) is 0.816. The maximum Gasteiger partial charge on any atom is 0.420 e. The number of carbonyl (C=O) groups is 2. The van der Waals surface area contributed by atoms with Gasteiger partial charge in [-0.3, -0.25) is 14.2 Å². The number of rotatable bonds is 6. The molecule has 0 spiro atoms. The molecule has 0 atom stereocenters. The molecule has 0 saturated heterocycles. The average Bonchev–Trinajstić information content (AvgIpc) is 2.95. The number of oxazole rings is 1. The van der Waals surface area contributed by atoms with Gasteiger partial charge in [0.15, 0.2) is 5.58 Å². The van der Waals surface area contributed by atoms with Crippen molar-refractivity contribution in [1.82, 2.24) is 9.88 Å². The third-order valence-corrected chi connectivity index (χ3v) is 3.86. The highest BCUT2D eigenvalue weighted by molar-refractivity contribution is 6.03. The van der Waals surface area contributed by atoms with Crippen LogP contribution in [0.15, 0.2) is 57.7 Å². The molecule has 0 aliphatic carbocycles. The monoisotopic (exact) mass is 353 g/mol. The molecular formula is C19H19N3O4. The molecule has 0 aliphatic rings. The second-order valence-corrected chi connectivity index (χ2v) is 5.77. The van der Waals surface area contributed by atoms with Crippen molar-refractivity contribution in [3.63, 3.8) is 0 Å². The van der Waals surface area contributed by atoms with Crippen LogP contribution in [-0.2, 0) is 11.3 Å². The maximum atomic E-state index is 12.4. The standard InChI is InChI=1S/C19H19N3O4/c1-2-11-20-18(24)13-7-3-4-8-14(13)21-17(23)12-22-15-9-5-6-10-16(15)26-19(22)25/h3-10H,2,11-12H2,1H3,(H,20,24)(H,21,23). The molecule has 0 bridgehead atoms. The fraction of sp³-hybridized carbons (Fsp3) is 0.211. The van der Waals surface area contributed by atoms with Crippen molar-refractivity contribution in [1.29, 1.82) is 0 Å². The number of aromatic nitrogens is 1. The van der Waals surface area contributed by atoms with Gasteiger partial charge in [-0.1, -0.05) is 31.2 Å². The van der Waals surface area contributed by atoms with Crippen LogP contribution in [0.1, 0.15) is 23.7 Å². The van der Waals surface area contributed by atoms with E-state index in [4.69, 9.17) is 4.42 Å². The number of benzene rings is 2. The molecule has 26 heavy (non-hydrogen) atoms. The summed E-state index contributed by atoms with van der Waals surface area (Å²) in [5.74, 6) is -1.28. The van der Waals surface area contributed by atoms with Gasteiger partial charge in [-0.2, -0.15) is 0 Å². The van der Waals surface area contributed by atoms with Gasteiger partial charge in [0.1, 0.15) is 6.54 Å². The number of amides is 2. The minimum atomic E-state index is -0.602. The smallest absolute Gasteiger partial charge is 0.408 e. The molecular weight excluding hydrogens is 334 g/mol.